The predicted octanol–water partition coefficient (Wildman–Crippen LogP) is 3.37. The van der Waals surface area contributed by atoms with E-state index in [1.165, 1.54) is 12.1 Å². The van der Waals surface area contributed by atoms with Crippen molar-refractivity contribution < 1.29 is 13.9 Å². The van der Waals surface area contributed by atoms with E-state index >= 15 is 0 Å². The summed E-state index contributed by atoms with van der Waals surface area (Å²) >= 11 is 5.77. The van der Waals surface area contributed by atoms with E-state index in [2.05, 4.69) is 4.90 Å². The summed E-state index contributed by atoms with van der Waals surface area (Å²) < 4.78 is 25.3. The third kappa shape index (κ3) is 3.30. The van der Waals surface area contributed by atoms with E-state index < -0.39 is 5.79 Å². The summed E-state index contributed by atoms with van der Waals surface area (Å²) in [6.45, 7) is 4.34. The quantitative estimate of drug-likeness (QED) is 0.774. The molecule has 122 valence electrons. The average Bonchev–Trinajstić information content (AvgIpc) is 3.05. The van der Waals surface area contributed by atoms with Crippen molar-refractivity contribution in [2.75, 3.05) is 38.7 Å². The average molecular weight is 328 g/mol. The number of ether oxygens (including phenoxy) is 2. The Morgan fingerprint density at radius 3 is 2.36 bits per heavy atom. The first-order valence-electron chi connectivity index (χ1n) is 8.07. The fourth-order valence-electron chi connectivity index (χ4n) is 3.57. The van der Waals surface area contributed by atoms with E-state index in [0.717, 1.165) is 44.5 Å². The Balaban J connectivity index is 1.71. The predicted molar refractivity (Wildman–Crippen MR) is 84.5 cm³/mol. The minimum absolute atomic E-state index is 0.229. The zero-order valence-corrected chi connectivity index (χ0v) is 13.5. The highest BCUT2D eigenvalue weighted by Crippen LogP contribution is 2.43. The number of benzene rings is 1. The van der Waals surface area contributed by atoms with Crippen molar-refractivity contribution in [3.8, 4) is 0 Å². The first kappa shape index (κ1) is 16.2. The third-order valence-corrected chi connectivity index (χ3v) is 4.96. The highest BCUT2D eigenvalue weighted by molar-refractivity contribution is 6.17. The van der Waals surface area contributed by atoms with Crippen molar-refractivity contribution in [2.45, 2.75) is 25.0 Å². The molecule has 1 aromatic carbocycles. The third-order valence-electron chi connectivity index (χ3n) is 4.70. The van der Waals surface area contributed by atoms with Gasteiger partial charge in [0.25, 0.3) is 0 Å². The van der Waals surface area contributed by atoms with Gasteiger partial charge in [0.15, 0.2) is 5.79 Å². The molecule has 0 aromatic heterocycles. The molecular formula is C17H23ClFNO2. The molecule has 0 radical (unpaired) electrons. The molecule has 2 heterocycles. The molecule has 22 heavy (non-hydrogen) atoms. The van der Waals surface area contributed by atoms with Gasteiger partial charge in [0.1, 0.15) is 5.82 Å². The number of alkyl halides is 1. The Kier molecular flexibility index (Phi) is 5.34. The van der Waals surface area contributed by atoms with E-state index in [1.54, 1.807) is 12.1 Å². The van der Waals surface area contributed by atoms with E-state index in [0.29, 0.717) is 25.0 Å². The molecule has 0 unspecified atom stereocenters. The molecule has 0 bridgehead atoms. The van der Waals surface area contributed by atoms with Crippen LogP contribution in [0.5, 0.6) is 0 Å². The van der Waals surface area contributed by atoms with E-state index in [4.69, 9.17) is 21.1 Å². The zero-order valence-electron chi connectivity index (χ0n) is 12.8. The summed E-state index contributed by atoms with van der Waals surface area (Å²) in [5.41, 5.74) is 0.936. The fraction of sp³-hybridized carbons (Fsp3) is 0.647. The second-order valence-electron chi connectivity index (χ2n) is 6.03. The normalized spacial score (nSPS) is 23.0. The molecule has 2 aliphatic rings. The first-order valence-corrected chi connectivity index (χ1v) is 8.60. The molecule has 0 atom stereocenters. The van der Waals surface area contributed by atoms with Crippen molar-refractivity contribution in [3.63, 3.8) is 0 Å². The summed E-state index contributed by atoms with van der Waals surface area (Å²) in [4.78, 5) is 2.45. The largest absolute Gasteiger partial charge is 0.343 e. The Hall–Kier alpha value is -0.680. The van der Waals surface area contributed by atoms with Gasteiger partial charge in [-0.25, -0.2) is 4.39 Å². The zero-order chi connectivity index (χ0) is 15.4. The molecule has 1 aromatic rings. The van der Waals surface area contributed by atoms with Crippen LogP contribution in [0.3, 0.4) is 0 Å². The van der Waals surface area contributed by atoms with Gasteiger partial charge < -0.3 is 14.4 Å². The van der Waals surface area contributed by atoms with Gasteiger partial charge in [0, 0.05) is 17.4 Å². The fourth-order valence-corrected chi connectivity index (χ4v) is 3.69. The SMILES string of the molecule is Fc1ccc(C2(C3CCN(CCCCl)CC3)OCCO2)cc1. The van der Waals surface area contributed by atoms with Gasteiger partial charge in [0.05, 0.1) is 13.2 Å². The lowest BCUT2D eigenvalue weighted by Crippen LogP contribution is -2.44. The molecule has 0 spiro atoms. The number of hydrogen-bond acceptors (Lipinski definition) is 3. The minimum Gasteiger partial charge on any atom is -0.343 e. The van der Waals surface area contributed by atoms with Crippen LogP contribution in [-0.2, 0) is 15.3 Å². The van der Waals surface area contributed by atoms with E-state index in [1.807, 2.05) is 0 Å². The van der Waals surface area contributed by atoms with Gasteiger partial charge in [-0.05, 0) is 51.0 Å². The smallest absolute Gasteiger partial charge is 0.197 e. The summed E-state index contributed by atoms with van der Waals surface area (Å²) in [6.07, 6.45) is 3.08. The van der Waals surface area contributed by atoms with Crippen molar-refractivity contribution in [2.24, 2.45) is 5.92 Å². The number of piperidine rings is 1. The van der Waals surface area contributed by atoms with Gasteiger partial charge in [-0.3, -0.25) is 0 Å². The van der Waals surface area contributed by atoms with Crippen molar-refractivity contribution in [3.05, 3.63) is 35.6 Å². The molecule has 2 saturated heterocycles. The van der Waals surface area contributed by atoms with Crippen LogP contribution in [0.2, 0.25) is 0 Å². The Morgan fingerprint density at radius 1 is 1.14 bits per heavy atom. The Morgan fingerprint density at radius 2 is 1.77 bits per heavy atom. The Bertz CT molecular complexity index is 468. The van der Waals surface area contributed by atoms with Gasteiger partial charge in [0.2, 0.25) is 0 Å². The highest BCUT2D eigenvalue weighted by Gasteiger charge is 2.46. The first-order chi connectivity index (χ1) is 10.7. The van der Waals surface area contributed by atoms with Crippen molar-refractivity contribution >= 4 is 11.6 Å². The monoisotopic (exact) mass is 327 g/mol. The van der Waals surface area contributed by atoms with Crippen LogP contribution >= 0.6 is 11.6 Å². The number of nitrogens with zero attached hydrogens (tertiary/aromatic N) is 1. The molecule has 0 amide bonds. The standard InChI is InChI=1S/C17H23ClFNO2/c18-8-1-9-20-10-6-15(7-11-20)17(21-12-13-22-17)14-2-4-16(19)5-3-14/h2-5,15H,1,6-13H2. The molecule has 0 N–H and O–H groups in total. The van der Waals surface area contributed by atoms with E-state index in [-0.39, 0.29) is 5.82 Å². The lowest BCUT2D eigenvalue weighted by Gasteiger charge is -2.41. The van der Waals surface area contributed by atoms with Gasteiger partial charge in [-0.1, -0.05) is 12.1 Å². The maximum atomic E-state index is 13.2. The maximum Gasteiger partial charge on any atom is 0.197 e. The maximum absolute atomic E-state index is 13.2. The van der Waals surface area contributed by atoms with Crippen LogP contribution in [0.4, 0.5) is 4.39 Å². The van der Waals surface area contributed by atoms with Crippen molar-refractivity contribution in [1.82, 2.24) is 4.90 Å². The minimum atomic E-state index is -0.688. The van der Waals surface area contributed by atoms with Gasteiger partial charge >= 0.3 is 0 Å². The summed E-state index contributed by atoms with van der Waals surface area (Å²) in [7, 11) is 0. The molecule has 0 aliphatic carbocycles. The number of hydrogen-bond donors (Lipinski definition) is 0. The summed E-state index contributed by atoms with van der Waals surface area (Å²) in [5, 5.41) is 0. The molecular weight excluding hydrogens is 305 g/mol. The highest BCUT2D eigenvalue weighted by atomic mass is 35.5. The number of halogens is 2. The van der Waals surface area contributed by atoms with Crippen LogP contribution in [-0.4, -0.2) is 43.6 Å². The lowest BCUT2D eigenvalue weighted by atomic mass is 9.84. The summed E-state index contributed by atoms with van der Waals surface area (Å²) in [5.74, 6) is 0.110. The van der Waals surface area contributed by atoms with Crippen LogP contribution in [0, 0.1) is 11.7 Å². The molecule has 5 heteroatoms. The second kappa shape index (κ2) is 7.26. The van der Waals surface area contributed by atoms with E-state index in [9.17, 15) is 4.39 Å². The summed E-state index contributed by atoms with van der Waals surface area (Å²) in [6, 6.07) is 6.55. The van der Waals surface area contributed by atoms with Crippen molar-refractivity contribution in [1.29, 1.82) is 0 Å². The van der Waals surface area contributed by atoms with Gasteiger partial charge in [-0.2, -0.15) is 0 Å². The second-order valence-corrected chi connectivity index (χ2v) is 6.41. The number of likely N-dealkylation sites (tertiary alicyclic amines) is 1. The molecule has 2 aliphatic heterocycles. The molecule has 0 saturated carbocycles. The van der Waals surface area contributed by atoms with Crippen LogP contribution in [0.15, 0.2) is 24.3 Å². The van der Waals surface area contributed by atoms with Gasteiger partial charge in [-0.15, -0.1) is 11.6 Å². The molecule has 2 fully saturated rings. The molecule has 3 nitrogen and oxygen atoms in total. The topological polar surface area (TPSA) is 21.7 Å². The van der Waals surface area contributed by atoms with Crippen LogP contribution in [0.1, 0.15) is 24.8 Å². The number of rotatable bonds is 5. The Labute approximate surface area is 136 Å². The van der Waals surface area contributed by atoms with Crippen LogP contribution in [0.25, 0.3) is 0 Å². The lowest BCUT2D eigenvalue weighted by molar-refractivity contribution is -0.214. The molecule has 3 rings (SSSR count). The van der Waals surface area contributed by atoms with Crippen LogP contribution < -0.4 is 0 Å².